The Morgan fingerprint density at radius 2 is 0.952 bits per heavy atom. The first kappa shape index (κ1) is 24.2. The van der Waals surface area contributed by atoms with Crippen molar-refractivity contribution in [2.75, 3.05) is 4.90 Å². The van der Waals surface area contributed by atoms with E-state index in [0.717, 1.165) is 50.1 Å². The molecule has 0 fully saturated rings. The van der Waals surface area contributed by atoms with Gasteiger partial charge in [0.2, 0.25) is 0 Å². The third-order valence-corrected chi connectivity index (χ3v) is 8.04. The van der Waals surface area contributed by atoms with E-state index >= 15 is 0 Å². The van der Waals surface area contributed by atoms with Gasteiger partial charge in [-0.25, -0.2) is 0 Å². The lowest BCUT2D eigenvalue weighted by Crippen LogP contribution is -2.10. The standard InChI is InChI=1S/C40H27NO/c1-4-12-28(13-5-1)29-20-22-30(23-21-29)35-24-25-37(41(33-16-6-2-7-17-33)34-18-8-3-9-19-34)40-39(35)36-26-31-14-10-11-15-32(31)27-38(36)42-40/h1-27H. The van der Waals surface area contributed by atoms with Gasteiger partial charge in [-0.1, -0.05) is 121 Å². The van der Waals surface area contributed by atoms with Gasteiger partial charge in [0.1, 0.15) is 5.58 Å². The molecule has 0 saturated heterocycles. The van der Waals surface area contributed by atoms with E-state index < -0.39 is 0 Å². The van der Waals surface area contributed by atoms with Crippen LogP contribution in [-0.4, -0.2) is 0 Å². The van der Waals surface area contributed by atoms with E-state index in [1.165, 1.54) is 21.9 Å². The Labute approximate surface area is 244 Å². The van der Waals surface area contributed by atoms with Crippen LogP contribution >= 0.6 is 0 Å². The lowest BCUT2D eigenvalue weighted by atomic mass is 9.95. The van der Waals surface area contributed by atoms with Gasteiger partial charge >= 0.3 is 0 Å². The predicted octanol–water partition coefficient (Wildman–Crippen LogP) is 11.5. The summed E-state index contributed by atoms with van der Waals surface area (Å²) in [6.45, 7) is 0. The Morgan fingerprint density at radius 3 is 1.60 bits per heavy atom. The third kappa shape index (κ3) is 4.13. The highest BCUT2D eigenvalue weighted by atomic mass is 16.3. The number of rotatable bonds is 5. The van der Waals surface area contributed by atoms with E-state index in [2.05, 4.69) is 169 Å². The summed E-state index contributed by atoms with van der Waals surface area (Å²) < 4.78 is 6.83. The maximum absolute atomic E-state index is 6.83. The Bertz CT molecular complexity index is 2120. The SMILES string of the molecule is c1ccc(-c2ccc(-c3ccc(N(c4ccccc4)c4ccccc4)c4oc5cc6ccccc6cc5c34)cc2)cc1. The van der Waals surface area contributed by atoms with Gasteiger partial charge in [-0.2, -0.15) is 0 Å². The minimum Gasteiger partial charge on any atom is -0.454 e. The molecule has 1 aromatic heterocycles. The predicted molar refractivity (Wildman–Crippen MR) is 177 cm³/mol. The zero-order chi connectivity index (χ0) is 27.9. The lowest BCUT2D eigenvalue weighted by molar-refractivity contribution is 0.669. The van der Waals surface area contributed by atoms with Crippen molar-refractivity contribution < 1.29 is 4.42 Å². The van der Waals surface area contributed by atoms with E-state index in [4.69, 9.17) is 4.42 Å². The molecule has 2 heteroatoms. The highest BCUT2D eigenvalue weighted by Gasteiger charge is 2.22. The van der Waals surface area contributed by atoms with Crippen molar-refractivity contribution in [3.63, 3.8) is 0 Å². The summed E-state index contributed by atoms with van der Waals surface area (Å²) in [6.07, 6.45) is 0. The molecule has 0 N–H and O–H groups in total. The summed E-state index contributed by atoms with van der Waals surface area (Å²) in [7, 11) is 0. The average molecular weight is 538 g/mol. The first-order valence-corrected chi connectivity index (χ1v) is 14.3. The van der Waals surface area contributed by atoms with Crippen LogP contribution in [0.15, 0.2) is 168 Å². The van der Waals surface area contributed by atoms with Crippen molar-refractivity contribution in [2.45, 2.75) is 0 Å². The molecule has 0 radical (unpaired) electrons. The van der Waals surface area contributed by atoms with E-state index in [1.54, 1.807) is 0 Å². The molecular formula is C40H27NO. The second kappa shape index (κ2) is 10.1. The molecule has 42 heavy (non-hydrogen) atoms. The fourth-order valence-corrected chi connectivity index (χ4v) is 6.02. The number of benzene rings is 7. The van der Waals surface area contributed by atoms with Crippen molar-refractivity contribution >= 4 is 49.8 Å². The fraction of sp³-hybridized carbons (Fsp3) is 0. The fourth-order valence-electron chi connectivity index (χ4n) is 6.02. The molecule has 198 valence electrons. The molecule has 0 aliphatic heterocycles. The molecule has 1 heterocycles. The first-order chi connectivity index (χ1) is 20.8. The van der Waals surface area contributed by atoms with Gasteiger partial charge in [-0.15, -0.1) is 0 Å². The van der Waals surface area contributed by atoms with Crippen LogP contribution in [0, 0.1) is 0 Å². The van der Waals surface area contributed by atoms with Gasteiger partial charge in [-0.3, -0.25) is 0 Å². The number of hydrogen-bond acceptors (Lipinski definition) is 2. The van der Waals surface area contributed by atoms with Crippen LogP contribution in [0.25, 0.3) is 55.0 Å². The number of furan rings is 1. The quantitative estimate of drug-likeness (QED) is 0.217. The van der Waals surface area contributed by atoms with Crippen LogP contribution in [0.2, 0.25) is 0 Å². The third-order valence-electron chi connectivity index (χ3n) is 8.04. The van der Waals surface area contributed by atoms with Gasteiger partial charge in [0.05, 0.1) is 5.69 Å². The number of fused-ring (bicyclic) bond motifs is 4. The van der Waals surface area contributed by atoms with Crippen LogP contribution in [0.5, 0.6) is 0 Å². The number of anilines is 3. The van der Waals surface area contributed by atoms with Crippen LogP contribution in [0.1, 0.15) is 0 Å². The zero-order valence-electron chi connectivity index (χ0n) is 22.9. The van der Waals surface area contributed by atoms with Gasteiger partial charge in [-0.05, 0) is 75.5 Å². The van der Waals surface area contributed by atoms with Gasteiger partial charge in [0.15, 0.2) is 5.58 Å². The summed E-state index contributed by atoms with van der Waals surface area (Å²) >= 11 is 0. The summed E-state index contributed by atoms with van der Waals surface area (Å²) in [6, 6.07) is 57.8. The molecule has 2 nitrogen and oxygen atoms in total. The van der Waals surface area contributed by atoms with Gasteiger partial charge in [0, 0.05) is 22.1 Å². The Kier molecular flexibility index (Phi) is 5.82. The molecule has 0 unspecified atom stereocenters. The summed E-state index contributed by atoms with van der Waals surface area (Å²) in [5.41, 5.74) is 9.66. The molecule has 0 aliphatic carbocycles. The van der Waals surface area contributed by atoms with Crippen molar-refractivity contribution in [3.8, 4) is 22.3 Å². The molecule has 0 atom stereocenters. The molecule has 0 aliphatic rings. The van der Waals surface area contributed by atoms with Crippen LogP contribution < -0.4 is 4.90 Å². The molecule has 7 aromatic carbocycles. The zero-order valence-corrected chi connectivity index (χ0v) is 22.9. The largest absolute Gasteiger partial charge is 0.454 e. The minimum atomic E-state index is 0.873. The molecule has 8 aromatic rings. The minimum absolute atomic E-state index is 0.873. The lowest BCUT2D eigenvalue weighted by Gasteiger charge is -2.25. The van der Waals surface area contributed by atoms with Crippen LogP contribution in [-0.2, 0) is 0 Å². The van der Waals surface area contributed by atoms with Gasteiger partial charge in [0.25, 0.3) is 0 Å². The second-order valence-corrected chi connectivity index (χ2v) is 10.6. The Morgan fingerprint density at radius 1 is 0.429 bits per heavy atom. The topological polar surface area (TPSA) is 16.4 Å². The molecule has 0 spiro atoms. The Hall–Kier alpha value is -5.60. The van der Waals surface area contributed by atoms with Crippen molar-refractivity contribution in [1.29, 1.82) is 0 Å². The summed E-state index contributed by atoms with van der Waals surface area (Å²) in [5, 5.41) is 4.61. The maximum atomic E-state index is 6.83. The van der Waals surface area contributed by atoms with Crippen molar-refractivity contribution in [2.24, 2.45) is 0 Å². The smallest absolute Gasteiger partial charge is 0.160 e. The highest BCUT2D eigenvalue weighted by molar-refractivity contribution is 6.19. The first-order valence-electron chi connectivity index (χ1n) is 14.3. The van der Waals surface area contributed by atoms with Crippen molar-refractivity contribution in [1.82, 2.24) is 0 Å². The molecular weight excluding hydrogens is 510 g/mol. The number of hydrogen-bond donors (Lipinski definition) is 0. The molecule has 8 rings (SSSR count). The van der Waals surface area contributed by atoms with E-state index in [-0.39, 0.29) is 0 Å². The van der Waals surface area contributed by atoms with E-state index in [1.807, 2.05) is 0 Å². The molecule has 0 saturated carbocycles. The van der Waals surface area contributed by atoms with E-state index in [9.17, 15) is 0 Å². The Balaban J connectivity index is 1.40. The number of nitrogens with zero attached hydrogens (tertiary/aromatic N) is 1. The normalized spacial score (nSPS) is 11.3. The highest BCUT2D eigenvalue weighted by Crippen LogP contribution is 2.46. The second-order valence-electron chi connectivity index (χ2n) is 10.6. The summed E-state index contributed by atoms with van der Waals surface area (Å²) in [4.78, 5) is 2.28. The number of para-hydroxylation sites is 2. The van der Waals surface area contributed by atoms with Crippen LogP contribution in [0.3, 0.4) is 0 Å². The average Bonchev–Trinajstić information content (AvgIpc) is 3.44. The van der Waals surface area contributed by atoms with Gasteiger partial charge < -0.3 is 9.32 Å². The van der Waals surface area contributed by atoms with E-state index in [0.29, 0.717) is 0 Å². The monoisotopic (exact) mass is 537 g/mol. The van der Waals surface area contributed by atoms with Crippen molar-refractivity contribution in [3.05, 3.63) is 164 Å². The van der Waals surface area contributed by atoms with Crippen LogP contribution in [0.4, 0.5) is 17.1 Å². The maximum Gasteiger partial charge on any atom is 0.160 e. The molecule has 0 amide bonds. The molecule has 0 bridgehead atoms. The summed E-state index contributed by atoms with van der Waals surface area (Å²) in [5.74, 6) is 0.